The monoisotopic (exact) mass is 248 g/mol. The lowest BCUT2D eigenvalue weighted by Crippen LogP contribution is -2.47. The number of nitrogens with one attached hydrogen (secondary N) is 1. The summed E-state index contributed by atoms with van der Waals surface area (Å²) in [6.45, 7) is 3.20. The highest BCUT2D eigenvalue weighted by Gasteiger charge is 2.50. The van der Waals surface area contributed by atoms with Gasteiger partial charge in [-0.25, -0.2) is 0 Å². The lowest BCUT2D eigenvalue weighted by atomic mass is 10.2. The highest BCUT2D eigenvalue weighted by molar-refractivity contribution is 5.90. The molecule has 2 unspecified atom stereocenters. The molecule has 92 valence electrons. The molecule has 1 heterocycles. The summed E-state index contributed by atoms with van der Waals surface area (Å²) in [7, 11) is 1.37. The van der Waals surface area contributed by atoms with Crippen molar-refractivity contribution in [2.24, 2.45) is 11.8 Å². The summed E-state index contributed by atoms with van der Waals surface area (Å²) in [6.07, 6.45) is 0.662. The van der Waals surface area contributed by atoms with Crippen LogP contribution in [0.5, 0.6) is 0 Å². The molecular weight excluding hydrogens is 232 g/mol. The molecule has 0 bridgehead atoms. The Morgan fingerprint density at radius 2 is 1.88 bits per heavy atom. The molecule has 0 spiro atoms. The van der Waals surface area contributed by atoms with Crippen LogP contribution >= 0.6 is 12.4 Å². The van der Waals surface area contributed by atoms with Gasteiger partial charge in [-0.05, 0) is 6.42 Å². The predicted molar refractivity (Wildman–Crippen MR) is 60.3 cm³/mol. The molecule has 0 radical (unpaired) electrons. The first kappa shape index (κ1) is 13.3. The van der Waals surface area contributed by atoms with Gasteiger partial charge in [-0.2, -0.15) is 0 Å². The molecule has 1 amide bonds. The Morgan fingerprint density at radius 1 is 1.25 bits per heavy atom. The Hall–Kier alpha value is -0.810. The van der Waals surface area contributed by atoms with Crippen molar-refractivity contribution < 1.29 is 14.3 Å². The van der Waals surface area contributed by atoms with E-state index in [2.05, 4.69) is 10.1 Å². The minimum absolute atomic E-state index is 0. The normalized spacial score (nSPS) is 27.9. The predicted octanol–water partition coefficient (Wildman–Crippen LogP) is -0.351. The Bertz CT molecular complexity index is 279. The molecule has 0 aromatic rings. The van der Waals surface area contributed by atoms with Gasteiger partial charge in [-0.3, -0.25) is 9.59 Å². The summed E-state index contributed by atoms with van der Waals surface area (Å²) >= 11 is 0. The lowest BCUT2D eigenvalue weighted by Gasteiger charge is -2.27. The Kier molecular flexibility index (Phi) is 4.56. The number of ether oxygens (including phenoxy) is 1. The molecule has 0 aromatic heterocycles. The van der Waals surface area contributed by atoms with Crippen LogP contribution in [-0.2, 0) is 14.3 Å². The van der Waals surface area contributed by atoms with E-state index in [-0.39, 0.29) is 36.1 Å². The van der Waals surface area contributed by atoms with Crippen LogP contribution in [0.4, 0.5) is 0 Å². The number of halogens is 1. The number of methoxy groups -OCH3 is 1. The van der Waals surface area contributed by atoms with Crippen LogP contribution in [0.1, 0.15) is 6.42 Å². The molecule has 16 heavy (non-hydrogen) atoms. The number of hydrogen-bond donors (Lipinski definition) is 1. The van der Waals surface area contributed by atoms with Crippen molar-refractivity contribution in [3.63, 3.8) is 0 Å². The topological polar surface area (TPSA) is 58.6 Å². The maximum atomic E-state index is 11.9. The third kappa shape index (κ3) is 2.65. The van der Waals surface area contributed by atoms with E-state index in [0.717, 1.165) is 26.2 Å². The van der Waals surface area contributed by atoms with Crippen LogP contribution in [0, 0.1) is 11.8 Å². The maximum Gasteiger partial charge on any atom is 0.309 e. The van der Waals surface area contributed by atoms with E-state index in [0.29, 0.717) is 6.42 Å². The summed E-state index contributed by atoms with van der Waals surface area (Å²) in [4.78, 5) is 24.9. The van der Waals surface area contributed by atoms with Crippen LogP contribution in [-0.4, -0.2) is 50.1 Å². The number of hydrogen-bond acceptors (Lipinski definition) is 4. The molecule has 1 saturated heterocycles. The molecule has 6 heteroatoms. The number of carbonyl (C=O) groups is 2. The summed E-state index contributed by atoms with van der Waals surface area (Å²) in [5.41, 5.74) is 0. The highest BCUT2D eigenvalue weighted by Crippen LogP contribution is 2.40. The van der Waals surface area contributed by atoms with Crippen LogP contribution in [0.25, 0.3) is 0 Å². The summed E-state index contributed by atoms with van der Waals surface area (Å²) in [6, 6.07) is 0. The second-order valence-electron chi connectivity index (χ2n) is 4.05. The zero-order chi connectivity index (χ0) is 10.8. The van der Waals surface area contributed by atoms with E-state index in [1.807, 2.05) is 4.90 Å². The van der Waals surface area contributed by atoms with E-state index in [1.54, 1.807) is 0 Å². The van der Waals surface area contributed by atoms with Crippen molar-refractivity contribution in [1.82, 2.24) is 10.2 Å². The largest absolute Gasteiger partial charge is 0.469 e. The van der Waals surface area contributed by atoms with Gasteiger partial charge in [0.25, 0.3) is 0 Å². The Labute approximate surface area is 101 Å². The Morgan fingerprint density at radius 3 is 2.44 bits per heavy atom. The number of carbonyl (C=O) groups excluding carboxylic acids is 2. The maximum absolute atomic E-state index is 11.9. The van der Waals surface area contributed by atoms with Gasteiger partial charge < -0.3 is 15.0 Å². The number of amides is 1. The number of nitrogens with zero attached hydrogens (tertiary/aromatic N) is 1. The van der Waals surface area contributed by atoms with Gasteiger partial charge in [0, 0.05) is 26.2 Å². The standard InChI is InChI=1S/C10H16N2O3.ClH/c1-15-10(14)8-6-7(8)9(13)12-4-2-11-3-5-12;/h7-8,11H,2-6H2,1H3;1H. The molecule has 2 fully saturated rings. The van der Waals surface area contributed by atoms with Crippen molar-refractivity contribution >= 4 is 24.3 Å². The zero-order valence-electron chi connectivity index (χ0n) is 9.27. The first-order valence-corrected chi connectivity index (χ1v) is 5.31. The SMILES string of the molecule is COC(=O)C1CC1C(=O)N1CCNCC1.Cl. The van der Waals surface area contributed by atoms with Crippen molar-refractivity contribution in [2.75, 3.05) is 33.3 Å². The summed E-state index contributed by atoms with van der Waals surface area (Å²) in [5.74, 6) is -0.427. The highest BCUT2D eigenvalue weighted by atomic mass is 35.5. The van der Waals surface area contributed by atoms with Gasteiger partial charge in [-0.1, -0.05) is 0 Å². The fourth-order valence-corrected chi connectivity index (χ4v) is 2.00. The molecule has 1 saturated carbocycles. The number of rotatable bonds is 2. The minimum atomic E-state index is -0.247. The smallest absolute Gasteiger partial charge is 0.309 e. The third-order valence-corrected chi connectivity index (χ3v) is 3.04. The van der Waals surface area contributed by atoms with Crippen LogP contribution in [0.15, 0.2) is 0 Å². The quantitative estimate of drug-likeness (QED) is 0.679. The first-order chi connectivity index (χ1) is 7.24. The average molecular weight is 249 g/mol. The molecule has 1 N–H and O–H groups in total. The number of piperazine rings is 1. The molecule has 5 nitrogen and oxygen atoms in total. The van der Waals surface area contributed by atoms with Gasteiger partial charge >= 0.3 is 5.97 Å². The van der Waals surface area contributed by atoms with Gasteiger partial charge in [0.1, 0.15) is 0 Å². The first-order valence-electron chi connectivity index (χ1n) is 5.31. The van der Waals surface area contributed by atoms with E-state index < -0.39 is 0 Å². The third-order valence-electron chi connectivity index (χ3n) is 3.04. The lowest BCUT2D eigenvalue weighted by molar-refractivity contribution is -0.144. The summed E-state index contributed by atoms with van der Waals surface area (Å²) < 4.78 is 4.62. The molecule has 2 aliphatic rings. The fourth-order valence-electron chi connectivity index (χ4n) is 2.00. The number of esters is 1. The van der Waals surface area contributed by atoms with Crippen molar-refractivity contribution in [2.45, 2.75) is 6.42 Å². The van der Waals surface area contributed by atoms with E-state index >= 15 is 0 Å². The second kappa shape index (κ2) is 5.50. The molecule has 2 rings (SSSR count). The molecule has 0 aromatic carbocycles. The zero-order valence-corrected chi connectivity index (χ0v) is 10.1. The van der Waals surface area contributed by atoms with Crippen molar-refractivity contribution in [3.8, 4) is 0 Å². The van der Waals surface area contributed by atoms with E-state index in [1.165, 1.54) is 7.11 Å². The van der Waals surface area contributed by atoms with E-state index in [4.69, 9.17) is 0 Å². The van der Waals surface area contributed by atoms with Crippen LogP contribution in [0.2, 0.25) is 0 Å². The minimum Gasteiger partial charge on any atom is -0.469 e. The molecular formula is C10H17ClN2O3. The van der Waals surface area contributed by atoms with Gasteiger partial charge in [0.15, 0.2) is 0 Å². The van der Waals surface area contributed by atoms with Gasteiger partial charge in [-0.15, -0.1) is 12.4 Å². The van der Waals surface area contributed by atoms with Crippen LogP contribution < -0.4 is 5.32 Å². The molecule has 1 aliphatic heterocycles. The van der Waals surface area contributed by atoms with Crippen LogP contribution in [0.3, 0.4) is 0 Å². The van der Waals surface area contributed by atoms with Crippen molar-refractivity contribution in [1.29, 1.82) is 0 Å². The molecule has 1 aliphatic carbocycles. The van der Waals surface area contributed by atoms with Gasteiger partial charge in [0.2, 0.25) is 5.91 Å². The fraction of sp³-hybridized carbons (Fsp3) is 0.800. The van der Waals surface area contributed by atoms with E-state index in [9.17, 15) is 9.59 Å². The van der Waals surface area contributed by atoms with Crippen molar-refractivity contribution in [3.05, 3.63) is 0 Å². The molecule has 2 atom stereocenters. The second-order valence-corrected chi connectivity index (χ2v) is 4.05. The average Bonchev–Trinajstić information content (AvgIpc) is 3.08. The summed E-state index contributed by atoms with van der Waals surface area (Å²) in [5, 5.41) is 3.19. The van der Waals surface area contributed by atoms with Gasteiger partial charge in [0.05, 0.1) is 18.9 Å². The Balaban J connectivity index is 0.00000128.